The average molecular weight is 547 g/mol. The van der Waals surface area contributed by atoms with Crippen LogP contribution in [0.15, 0.2) is 29.4 Å². The molecule has 30 heavy (non-hydrogen) atoms. The lowest BCUT2D eigenvalue weighted by Gasteiger charge is -2.15. The van der Waals surface area contributed by atoms with Gasteiger partial charge in [0, 0.05) is 37.5 Å². The van der Waals surface area contributed by atoms with Crippen molar-refractivity contribution in [2.24, 2.45) is 12.0 Å². The third-order valence-corrected chi connectivity index (χ3v) is 3.80. The van der Waals surface area contributed by atoms with Crippen LogP contribution in [0, 0.1) is 6.92 Å². The lowest BCUT2D eigenvalue weighted by molar-refractivity contribution is -0.142. The number of aliphatic imine (C=N–C) groups is 1. The highest BCUT2D eigenvalue weighted by atomic mass is 127. The van der Waals surface area contributed by atoms with Crippen molar-refractivity contribution >= 4 is 29.9 Å². The molecule has 0 aliphatic carbocycles. The standard InChI is InChI=1S/C18H22F5N5O.HI/c1-4-24-17(26-9-13-10-28(3)27-15(13)18(21,22)23)25-8-12-7-11(2)5-6-14(12)29-16(19)20;/h5-7,10,16H,4,8-9H2,1-3H3,(H2,24,25,26);1H. The zero-order valence-electron chi connectivity index (χ0n) is 16.6. The molecule has 168 valence electrons. The van der Waals surface area contributed by atoms with Gasteiger partial charge in [0.2, 0.25) is 0 Å². The number of rotatable bonds is 7. The first-order chi connectivity index (χ1) is 13.6. The van der Waals surface area contributed by atoms with Gasteiger partial charge in [-0.3, -0.25) is 4.68 Å². The molecule has 0 aliphatic rings. The molecule has 0 bridgehead atoms. The van der Waals surface area contributed by atoms with Crippen LogP contribution in [0.4, 0.5) is 22.0 Å². The van der Waals surface area contributed by atoms with E-state index in [1.807, 2.05) is 0 Å². The van der Waals surface area contributed by atoms with E-state index < -0.39 is 18.5 Å². The minimum atomic E-state index is -4.58. The quantitative estimate of drug-likeness (QED) is 0.236. The van der Waals surface area contributed by atoms with Crippen molar-refractivity contribution < 1.29 is 26.7 Å². The number of aromatic nitrogens is 2. The smallest absolute Gasteiger partial charge is 0.434 e. The monoisotopic (exact) mass is 547 g/mol. The van der Waals surface area contributed by atoms with E-state index in [1.165, 1.54) is 19.3 Å². The van der Waals surface area contributed by atoms with Gasteiger partial charge >= 0.3 is 12.8 Å². The Morgan fingerprint density at radius 2 is 1.93 bits per heavy atom. The van der Waals surface area contributed by atoms with E-state index in [4.69, 9.17) is 0 Å². The molecular formula is C18H23F5IN5O. The molecule has 2 rings (SSSR count). The zero-order chi connectivity index (χ0) is 21.6. The molecule has 1 aromatic heterocycles. The molecule has 1 heterocycles. The molecule has 6 nitrogen and oxygen atoms in total. The fourth-order valence-electron chi connectivity index (χ4n) is 2.63. The summed E-state index contributed by atoms with van der Waals surface area (Å²) in [6.45, 7) is 0.918. The third-order valence-electron chi connectivity index (χ3n) is 3.80. The van der Waals surface area contributed by atoms with Gasteiger partial charge in [-0.25, -0.2) is 4.99 Å². The van der Waals surface area contributed by atoms with Crippen LogP contribution in [0.2, 0.25) is 0 Å². The first-order valence-corrected chi connectivity index (χ1v) is 8.76. The number of nitrogens with one attached hydrogen (secondary N) is 2. The van der Waals surface area contributed by atoms with Crippen molar-refractivity contribution in [1.82, 2.24) is 20.4 Å². The molecule has 0 unspecified atom stereocenters. The third kappa shape index (κ3) is 7.61. The van der Waals surface area contributed by atoms with Crippen LogP contribution in [0.5, 0.6) is 5.75 Å². The SMILES string of the molecule is CCNC(=NCc1cn(C)nc1C(F)(F)F)NCc1cc(C)ccc1OC(F)F.I. The molecule has 0 saturated heterocycles. The van der Waals surface area contributed by atoms with Gasteiger partial charge in [-0.05, 0) is 19.9 Å². The molecular weight excluding hydrogens is 524 g/mol. The molecule has 0 atom stereocenters. The highest BCUT2D eigenvalue weighted by molar-refractivity contribution is 14.0. The van der Waals surface area contributed by atoms with Crippen LogP contribution < -0.4 is 15.4 Å². The fourth-order valence-corrected chi connectivity index (χ4v) is 2.63. The van der Waals surface area contributed by atoms with Crippen LogP contribution in [0.3, 0.4) is 0 Å². The number of aryl methyl sites for hydroxylation is 2. The van der Waals surface area contributed by atoms with E-state index in [9.17, 15) is 22.0 Å². The molecule has 0 amide bonds. The molecule has 0 saturated carbocycles. The number of benzene rings is 1. The summed E-state index contributed by atoms with van der Waals surface area (Å²) in [7, 11) is 1.40. The van der Waals surface area contributed by atoms with Crippen LogP contribution >= 0.6 is 24.0 Å². The Kier molecular flexibility index (Phi) is 9.78. The Labute approximate surface area is 187 Å². The predicted molar refractivity (Wildman–Crippen MR) is 113 cm³/mol. The van der Waals surface area contributed by atoms with Gasteiger partial charge in [0.15, 0.2) is 11.7 Å². The van der Waals surface area contributed by atoms with Gasteiger partial charge < -0.3 is 15.4 Å². The lowest BCUT2D eigenvalue weighted by Crippen LogP contribution is -2.37. The summed E-state index contributed by atoms with van der Waals surface area (Å²) in [6.07, 6.45) is -3.33. The van der Waals surface area contributed by atoms with Crippen LogP contribution in [-0.2, 0) is 26.3 Å². The minimum Gasteiger partial charge on any atom is -0.434 e. The van der Waals surface area contributed by atoms with Gasteiger partial charge in [0.1, 0.15) is 5.75 Å². The maximum atomic E-state index is 13.1. The first kappa shape index (κ1) is 25.9. The Balaban J connectivity index is 0.00000450. The Bertz CT molecular complexity index is 854. The van der Waals surface area contributed by atoms with Crippen molar-refractivity contribution in [3.05, 3.63) is 46.8 Å². The first-order valence-electron chi connectivity index (χ1n) is 8.76. The summed E-state index contributed by atoms with van der Waals surface area (Å²) in [5, 5.41) is 9.27. The van der Waals surface area contributed by atoms with Crippen molar-refractivity contribution in [3.8, 4) is 5.75 Å². The van der Waals surface area contributed by atoms with Crippen LogP contribution in [0.1, 0.15) is 29.3 Å². The number of nitrogens with zero attached hydrogens (tertiary/aromatic N) is 3. The van der Waals surface area contributed by atoms with Crippen LogP contribution in [0.25, 0.3) is 0 Å². The van der Waals surface area contributed by atoms with E-state index in [-0.39, 0.29) is 54.3 Å². The molecule has 0 aliphatic heterocycles. The van der Waals surface area contributed by atoms with E-state index in [2.05, 4.69) is 25.5 Å². The largest absolute Gasteiger partial charge is 0.435 e. The summed E-state index contributed by atoms with van der Waals surface area (Å²) in [5.74, 6) is 0.245. The van der Waals surface area contributed by atoms with Crippen LogP contribution in [-0.4, -0.2) is 28.9 Å². The maximum absolute atomic E-state index is 13.1. The summed E-state index contributed by atoms with van der Waals surface area (Å²) in [4.78, 5) is 4.15. The van der Waals surface area contributed by atoms with Gasteiger partial charge in [-0.15, -0.1) is 24.0 Å². The number of ether oxygens (including phenoxy) is 1. The topological polar surface area (TPSA) is 63.5 Å². The number of hydrogen-bond acceptors (Lipinski definition) is 3. The van der Waals surface area contributed by atoms with E-state index >= 15 is 0 Å². The summed E-state index contributed by atoms with van der Waals surface area (Å²) in [6, 6.07) is 4.76. The zero-order valence-corrected chi connectivity index (χ0v) is 18.9. The van der Waals surface area contributed by atoms with Crippen molar-refractivity contribution in [1.29, 1.82) is 0 Å². The number of guanidine groups is 1. The molecule has 0 fully saturated rings. The number of hydrogen-bond donors (Lipinski definition) is 2. The van der Waals surface area contributed by atoms with Crippen molar-refractivity contribution in [3.63, 3.8) is 0 Å². The molecule has 1 aromatic carbocycles. The lowest BCUT2D eigenvalue weighted by atomic mass is 10.1. The Hall–Kier alpha value is -2.12. The van der Waals surface area contributed by atoms with E-state index in [1.54, 1.807) is 26.0 Å². The summed E-state index contributed by atoms with van der Waals surface area (Å²) >= 11 is 0. The van der Waals surface area contributed by atoms with Gasteiger partial charge in [-0.2, -0.15) is 27.1 Å². The van der Waals surface area contributed by atoms with E-state index in [0.717, 1.165) is 10.2 Å². The fraction of sp³-hybridized carbons (Fsp3) is 0.444. The summed E-state index contributed by atoms with van der Waals surface area (Å²) in [5.41, 5.74) is 0.240. The molecule has 0 radical (unpaired) electrons. The second kappa shape index (κ2) is 11.3. The van der Waals surface area contributed by atoms with E-state index in [0.29, 0.717) is 12.1 Å². The average Bonchev–Trinajstić information content (AvgIpc) is 3.00. The van der Waals surface area contributed by atoms with Gasteiger partial charge in [0.05, 0.1) is 6.54 Å². The molecule has 12 heteroatoms. The molecule has 2 N–H and O–H groups in total. The predicted octanol–water partition coefficient (Wildman–Crippen LogP) is 4.22. The highest BCUT2D eigenvalue weighted by Gasteiger charge is 2.36. The maximum Gasteiger partial charge on any atom is 0.435 e. The number of halogens is 6. The van der Waals surface area contributed by atoms with Crippen molar-refractivity contribution in [2.45, 2.75) is 39.7 Å². The summed E-state index contributed by atoms with van der Waals surface area (Å²) < 4.78 is 69.9. The Morgan fingerprint density at radius 1 is 1.23 bits per heavy atom. The number of alkyl halides is 5. The minimum absolute atomic E-state index is 0. The molecule has 0 spiro atoms. The van der Waals surface area contributed by atoms with Gasteiger partial charge in [-0.1, -0.05) is 17.7 Å². The highest BCUT2D eigenvalue weighted by Crippen LogP contribution is 2.30. The molecule has 2 aromatic rings. The second-order valence-corrected chi connectivity index (χ2v) is 6.21. The Morgan fingerprint density at radius 3 is 2.53 bits per heavy atom. The second-order valence-electron chi connectivity index (χ2n) is 6.21. The normalized spacial score (nSPS) is 12.0. The van der Waals surface area contributed by atoms with Crippen molar-refractivity contribution in [2.75, 3.05) is 6.54 Å². The van der Waals surface area contributed by atoms with Gasteiger partial charge in [0.25, 0.3) is 0 Å².